The number of amides is 1. The van der Waals surface area contributed by atoms with Gasteiger partial charge in [-0.25, -0.2) is 0 Å². The minimum absolute atomic E-state index is 0.0456. The summed E-state index contributed by atoms with van der Waals surface area (Å²) in [6.07, 6.45) is 2.42. The van der Waals surface area contributed by atoms with Crippen molar-refractivity contribution in [2.24, 2.45) is 5.92 Å². The number of aromatic nitrogens is 1. The molecular weight excluding hydrogens is 344 g/mol. The Hall–Kier alpha value is -2.76. The number of rotatable bonds is 5. The molecule has 0 aliphatic carbocycles. The van der Waals surface area contributed by atoms with Crippen molar-refractivity contribution in [2.75, 3.05) is 27.9 Å². The van der Waals surface area contributed by atoms with Crippen LogP contribution in [0.4, 0.5) is 0 Å². The molecule has 1 atom stereocenters. The van der Waals surface area contributed by atoms with E-state index in [-0.39, 0.29) is 11.8 Å². The van der Waals surface area contributed by atoms with Crippen LogP contribution in [0.2, 0.25) is 0 Å². The largest absolute Gasteiger partial charge is 0.496 e. The predicted molar refractivity (Wildman–Crippen MR) is 102 cm³/mol. The van der Waals surface area contributed by atoms with E-state index < -0.39 is 0 Å². The number of fused-ring (bicyclic) bond motifs is 1. The van der Waals surface area contributed by atoms with Crippen LogP contribution in [0, 0.1) is 19.8 Å². The van der Waals surface area contributed by atoms with Crippen LogP contribution in [-0.4, -0.2) is 43.7 Å². The lowest BCUT2D eigenvalue weighted by atomic mass is 9.95. The fourth-order valence-electron chi connectivity index (χ4n) is 3.56. The summed E-state index contributed by atoms with van der Waals surface area (Å²) in [5.41, 5.74) is 3.79. The minimum atomic E-state index is -0.220. The number of aryl methyl sites for hydroxylation is 1. The maximum absolute atomic E-state index is 13.0. The van der Waals surface area contributed by atoms with Crippen molar-refractivity contribution in [1.82, 2.24) is 9.88 Å². The van der Waals surface area contributed by atoms with Crippen molar-refractivity contribution in [3.8, 4) is 17.2 Å². The number of hydrogen-bond donors (Lipinski definition) is 0. The highest BCUT2D eigenvalue weighted by Gasteiger charge is 2.30. The van der Waals surface area contributed by atoms with Crippen molar-refractivity contribution in [2.45, 2.75) is 26.8 Å². The number of benzene rings is 1. The Morgan fingerprint density at radius 2 is 2.07 bits per heavy atom. The third-order valence-electron chi connectivity index (χ3n) is 5.04. The Labute approximate surface area is 160 Å². The average molecular weight is 370 g/mol. The molecule has 27 heavy (non-hydrogen) atoms. The van der Waals surface area contributed by atoms with E-state index in [1.807, 2.05) is 32.0 Å². The number of ether oxygens (including phenoxy) is 3. The van der Waals surface area contributed by atoms with Gasteiger partial charge in [-0.3, -0.25) is 9.78 Å². The first-order valence-corrected chi connectivity index (χ1v) is 8.99. The van der Waals surface area contributed by atoms with Gasteiger partial charge in [0.1, 0.15) is 12.4 Å². The van der Waals surface area contributed by atoms with Crippen molar-refractivity contribution in [3.05, 3.63) is 46.8 Å². The Morgan fingerprint density at radius 1 is 1.30 bits per heavy atom. The molecule has 0 fully saturated rings. The summed E-state index contributed by atoms with van der Waals surface area (Å²) in [6, 6.07) is 5.77. The quantitative estimate of drug-likeness (QED) is 0.810. The molecular formula is C21H26N2O4. The first kappa shape index (κ1) is 19.0. The van der Waals surface area contributed by atoms with Crippen molar-refractivity contribution in [3.63, 3.8) is 0 Å². The van der Waals surface area contributed by atoms with Crippen LogP contribution in [-0.2, 0) is 17.8 Å². The standard InChI is InChI=1S/C21H26N2O4/c1-13-10-22-17(14(2)19(13)26-5)11-23(3)21(24)16-9-15-7-6-8-18(25-4)20(15)27-12-16/h6-8,10,16H,9,11-12H2,1-5H3. The summed E-state index contributed by atoms with van der Waals surface area (Å²) >= 11 is 0. The molecule has 2 heterocycles. The topological polar surface area (TPSA) is 60.9 Å². The molecule has 1 unspecified atom stereocenters. The van der Waals surface area contributed by atoms with Gasteiger partial charge in [0.2, 0.25) is 5.91 Å². The van der Waals surface area contributed by atoms with Crippen molar-refractivity contribution >= 4 is 5.91 Å². The van der Waals surface area contributed by atoms with Crippen molar-refractivity contribution < 1.29 is 19.0 Å². The smallest absolute Gasteiger partial charge is 0.229 e. The number of para-hydroxylation sites is 1. The van der Waals surface area contributed by atoms with Crippen LogP contribution < -0.4 is 14.2 Å². The third kappa shape index (κ3) is 3.70. The Morgan fingerprint density at radius 3 is 2.78 bits per heavy atom. The van der Waals surface area contributed by atoms with Gasteiger partial charge in [0.25, 0.3) is 0 Å². The normalized spacial score (nSPS) is 15.5. The Kier molecular flexibility index (Phi) is 5.54. The van der Waals surface area contributed by atoms with Crippen LogP contribution in [0.1, 0.15) is 22.4 Å². The summed E-state index contributed by atoms with van der Waals surface area (Å²) in [6.45, 7) is 4.71. The zero-order valence-electron chi connectivity index (χ0n) is 16.5. The van der Waals surface area contributed by atoms with E-state index in [1.54, 1.807) is 32.4 Å². The number of pyridine rings is 1. The molecule has 0 N–H and O–H groups in total. The van der Waals surface area contributed by atoms with Gasteiger partial charge in [-0.2, -0.15) is 0 Å². The number of carbonyl (C=O) groups excluding carboxylic acids is 1. The number of nitrogens with zero attached hydrogens (tertiary/aromatic N) is 2. The molecule has 0 saturated carbocycles. The predicted octanol–water partition coefficient (Wildman–Crippen LogP) is 2.93. The van der Waals surface area contributed by atoms with Gasteiger partial charge in [0, 0.05) is 24.4 Å². The van der Waals surface area contributed by atoms with Crippen LogP contribution in [0.25, 0.3) is 0 Å². The van der Waals surface area contributed by atoms with Gasteiger partial charge >= 0.3 is 0 Å². The van der Waals surface area contributed by atoms with Crippen LogP contribution >= 0.6 is 0 Å². The second kappa shape index (κ2) is 7.86. The molecule has 6 heteroatoms. The molecule has 0 spiro atoms. The van der Waals surface area contributed by atoms with Gasteiger partial charge in [0.15, 0.2) is 11.5 Å². The number of methoxy groups -OCH3 is 2. The fraction of sp³-hybridized carbons (Fsp3) is 0.429. The molecule has 0 saturated heterocycles. The van der Waals surface area contributed by atoms with E-state index in [2.05, 4.69) is 4.98 Å². The maximum atomic E-state index is 13.0. The lowest BCUT2D eigenvalue weighted by Gasteiger charge is -2.29. The van der Waals surface area contributed by atoms with Crippen molar-refractivity contribution in [1.29, 1.82) is 0 Å². The van der Waals surface area contributed by atoms with Gasteiger partial charge < -0.3 is 19.1 Å². The Balaban J connectivity index is 1.73. The number of carbonyl (C=O) groups is 1. The van der Waals surface area contributed by atoms with Gasteiger partial charge in [-0.1, -0.05) is 12.1 Å². The zero-order chi connectivity index (χ0) is 19.6. The molecule has 1 aliphatic rings. The van der Waals surface area contributed by atoms with E-state index in [4.69, 9.17) is 14.2 Å². The minimum Gasteiger partial charge on any atom is -0.496 e. The summed E-state index contributed by atoms with van der Waals surface area (Å²) in [7, 11) is 5.07. The van der Waals surface area contributed by atoms with E-state index in [9.17, 15) is 4.79 Å². The summed E-state index contributed by atoms with van der Waals surface area (Å²) < 4.78 is 16.6. The molecule has 1 aromatic carbocycles. The molecule has 0 bridgehead atoms. The highest BCUT2D eigenvalue weighted by Crippen LogP contribution is 2.36. The van der Waals surface area contributed by atoms with E-state index in [0.29, 0.717) is 25.3 Å². The summed E-state index contributed by atoms with van der Waals surface area (Å²) in [5, 5.41) is 0. The van der Waals surface area contributed by atoms with E-state index in [0.717, 1.165) is 33.9 Å². The van der Waals surface area contributed by atoms with Gasteiger partial charge in [-0.15, -0.1) is 0 Å². The molecule has 1 amide bonds. The molecule has 1 aromatic heterocycles. The lowest BCUT2D eigenvalue weighted by Crippen LogP contribution is -2.38. The summed E-state index contributed by atoms with van der Waals surface area (Å²) in [4.78, 5) is 19.2. The maximum Gasteiger partial charge on any atom is 0.229 e. The first-order valence-electron chi connectivity index (χ1n) is 8.99. The molecule has 3 rings (SSSR count). The van der Waals surface area contributed by atoms with E-state index in [1.165, 1.54) is 0 Å². The van der Waals surface area contributed by atoms with Crippen LogP contribution in [0.15, 0.2) is 24.4 Å². The first-order chi connectivity index (χ1) is 13.0. The highest BCUT2D eigenvalue weighted by atomic mass is 16.5. The molecule has 1 aliphatic heterocycles. The van der Waals surface area contributed by atoms with E-state index >= 15 is 0 Å². The second-order valence-corrected chi connectivity index (χ2v) is 6.90. The van der Waals surface area contributed by atoms with Gasteiger partial charge in [-0.05, 0) is 31.9 Å². The Bertz CT molecular complexity index is 850. The lowest BCUT2D eigenvalue weighted by molar-refractivity contribution is -0.136. The summed E-state index contributed by atoms with van der Waals surface area (Å²) in [5.74, 6) is 2.10. The van der Waals surface area contributed by atoms with Crippen LogP contribution in [0.5, 0.6) is 17.2 Å². The third-order valence-corrected chi connectivity index (χ3v) is 5.04. The SMILES string of the molecule is COc1cccc2c1OCC(C(=O)N(C)Cc1ncc(C)c(OC)c1C)C2. The molecule has 0 radical (unpaired) electrons. The highest BCUT2D eigenvalue weighted by molar-refractivity contribution is 5.79. The zero-order valence-corrected chi connectivity index (χ0v) is 16.5. The second-order valence-electron chi connectivity index (χ2n) is 6.90. The fourth-order valence-corrected chi connectivity index (χ4v) is 3.56. The molecule has 144 valence electrons. The average Bonchev–Trinajstić information content (AvgIpc) is 2.68. The van der Waals surface area contributed by atoms with Crippen LogP contribution in [0.3, 0.4) is 0 Å². The monoisotopic (exact) mass is 370 g/mol. The number of hydrogen-bond acceptors (Lipinski definition) is 5. The molecule has 2 aromatic rings. The van der Waals surface area contributed by atoms with Gasteiger partial charge in [0.05, 0.1) is 32.4 Å². The molecule has 6 nitrogen and oxygen atoms in total.